The summed E-state index contributed by atoms with van der Waals surface area (Å²) < 4.78 is 1.56. The quantitative estimate of drug-likeness (QED) is 0.590. The van der Waals surface area contributed by atoms with Gasteiger partial charge < -0.3 is 9.88 Å². The molecule has 1 aliphatic rings. The summed E-state index contributed by atoms with van der Waals surface area (Å²) in [7, 11) is 0. The molecule has 1 saturated heterocycles. The van der Waals surface area contributed by atoms with E-state index in [1.807, 2.05) is 24.4 Å². The van der Waals surface area contributed by atoms with E-state index in [1.54, 1.807) is 35.5 Å². The normalized spacial score (nSPS) is 16.7. The number of aromatic nitrogens is 6. The van der Waals surface area contributed by atoms with Gasteiger partial charge in [-0.1, -0.05) is 0 Å². The largest absolute Gasteiger partial charge is 0.351 e. The summed E-state index contributed by atoms with van der Waals surface area (Å²) in [5.41, 5.74) is 2.36. The molecule has 28 heavy (non-hydrogen) atoms. The summed E-state index contributed by atoms with van der Waals surface area (Å²) in [6.45, 7) is 1.42. The molecule has 140 valence electrons. The van der Waals surface area contributed by atoms with E-state index in [0.717, 1.165) is 47.5 Å². The van der Waals surface area contributed by atoms with Crippen LogP contribution in [0.5, 0.6) is 0 Å². The number of hydrogen-bond donors (Lipinski definition) is 1. The zero-order chi connectivity index (χ0) is 18.9. The Kier molecular flexibility index (Phi) is 4.08. The topological polar surface area (TPSA) is 92.6 Å². The highest BCUT2D eigenvalue weighted by Crippen LogP contribution is 2.29. The second kappa shape index (κ2) is 6.88. The molecule has 4 aromatic heterocycles. The molecule has 5 rings (SSSR count). The maximum Gasteiger partial charge on any atom is 0.266 e. The van der Waals surface area contributed by atoms with Crippen LogP contribution in [0.25, 0.3) is 22.3 Å². The first-order chi connectivity index (χ1) is 13.8. The fourth-order valence-corrected chi connectivity index (χ4v) is 3.84. The predicted octanol–water partition coefficient (Wildman–Crippen LogP) is 2.25. The van der Waals surface area contributed by atoms with Gasteiger partial charge in [-0.25, -0.2) is 14.6 Å². The second-order valence-corrected chi connectivity index (χ2v) is 6.91. The summed E-state index contributed by atoms with van der Waals surface area (Å²) in [4.78, 5) is 30.8. The number of pyridine rings is 1. The number of anilines is 1. The molecule has 1 atom stereocenters. The lowest BCUT2D eigenvalue weighted by Crippen LogP contribution is -2.37. The number of H-pyrrole nitrogens is 1. The fraction of sp³-hybridized carbons (Fsp3) is 0.250. The molecule has 0 aromatic carbocycles. The second-order valence-electron chi connectivity index (χ2n) is 6.91. The van der Waals surface area contributed by atoms with Crippen molar-refractivity contribution in [2.24, 2.45) is 0 Å². The molecule has 1 N–H and O–H groups in total. The molecule has 4 aromatic rings. The van der Waals surface area contributed by atoms with Gasteiger partial charge in [0, 0.05) is 36.8 Å². The Morgan fingerprint density at radius 3 is 3.04 bits per heavy atom. The Bertz CT molecular complexity index is 1170. The lowest BCUT2D eigenvalue weighted by Gasteiger charge is -2.26. The lowest BCUT2D eigenvalue weighted by atomic mass is 10.2. The zero-order valence-corrected chi connectivity index (χ0v) is 15.2. The summed E-state index contributed by atoms with van der Waals surface area (Å²) in [5.74, 6) is 0.908. The first-order valence-electron chi connectivity index (χ1n) is 9.33. The van der Waals surface area contributed by atoms with E-state index >= 15 is 0 Å². The van der Waals surface area contributed by atoms with E-state index in [1.165, 1.54) is 0 Å². The van der Waals surface area contributed by atoms with Gasteiger partial charge in [-0.2, -0.15) is 5.10 Å². The summed E-state index contributed by atoms with van der Waals surface area (Å²) >= 11 is 0. The SMILES string of the molecule is O=c1ccc(-c2cccnc2)nn1CC1CCCN1c1ncnc2[nH]ccc12. The predicted molar refractivity (Wildman–Crippen MR) is 106 cm³/mol. The number of nitrogens with zero attached hydrogens (tertiary/aromatic N) is 6. The van der Waals surface area contributed by atoms with Crippen LogP contribution in [0.2, 0.25) is 0 Å². The van der Waals surface area contributed by atoms with Gasteiger partial charge in [-0.3, -0.25) is 9.78 Å². The van der Waals surface area contributed by atoms with Crippen molar-refractivity contribution >= 4 is 16.9 Å². The molecule has 0 aliphatic carbocycles. The highest BCUT2D eigenvalue weighted by Gasteiger charge is 2.28. The maximum atomic E-state index is 12.4. The van der Waals surface area contributed by atoms with E-state index in [4.69, 9.17) is 0 Å². The molecule has 0 bridgehead atoms. The van der Waals surface area contributed by atoms with E-state index in [0.29, 0.717) is 6.54 Å². The molecule has 1 fully saturated rings. The molecule has 0 radical (unpaired) electrons. The van der Waals surface area contributed by atoms with Crippen molar-refractivity contribution in [1.29, 1.82) is 0 Å². The third-order valence-corrected chi connectivity index (χ3v) is 5.19. The van der Waals surface area contributed by atoms with E-state index < -0.39 is 0 Å². The molecule has 5 heterocycles. The van der Waals surface area contributed by atoms with Gasteiger partial charge in [-0.05, 0) is 37.1 Å². The van der Waals surface area contributed by atoms with Crippen molar-refractivity contribution in [2.75, 3.05) is 11.4 Å². The highest BCUT2D eigenvalue weighted by molar-refractivity contribution is 5.87. The van der Waals surface area contributed by atoms with Gasteiger partial charge in [0.2, 0.25) is 0 Å². The van der Waals surface area contributed by atoms with Crippen LogP contribution in [0.15, 0.2) is 60.0 Å². The Morgan fingerprint density at radius 1 is 1.18 bits per heavy atom. The number of hydrogen-bond acceptors (Lipinski definition) is 6. The first-order valence-corrected chi connectivity index (χ1v) is 9.33. The standard InChI is InChI=1S/C20H19N7O/c28-18-6-5-17(14-3-1-8-21-11-14)25-27(18)12-15-4-2-10-26(15)20-16-7-9-22-19(16)23-13-24-20/h1,3,5-9,11,13,15H,2,4,10,12H2,(H,22,23,24). The highest BCUT2D eigenvalue weighted by atomic mass is 16.1. The van der Waals surface area contributed by atoms with Gasteiger partial charge in [0.05, 0.1) is 23.7 Å². The number of nitrogens with one attached hydrogen (secondary N) is 1. The third-order valence-electron chi connectivity index (χ3n) is 5.19. The number of aromatic amines is 1. The van der Waals surface area contributed by atoms with Gasteiger partial charge in [-0.15, -0.1) is 0 Å². The minimum absolute atomic E-state index is 0.103. The van der Waals surface area contributed by atoms with Crippen molar-refractivity contribution in [3.63, 3.8) is 0 Å². The summed E-state index contributed by atoms with van der Waals surface area (Å²) in [6.07, 6.45) is 8.97. The zero-order valence-electron chi connectivity index (χ0n) is 15.2. The van der Waals surface area contributed by atoms with Crippen LogP contribution >= 0.6 is 0 Å². The minimum atomic E-state index is -0.103. The minimum Gasteiger partial charge on any atom is -0.351 e. The first kappa shape index (κ1) is 16.6. The smallest absolute Gasteiger partial charge is 0.266 e. The molecular weight excluding hydrogens is 354 g/mol. The molecule has 8 nitrogen and oxygen atoms in total. The molecule has 1 unspecified atom stereocenters. The van der Waals surface area contributed by atoms with Crippen molar-refractivity contribution in [1.82, 2.24) is 29.7 Å². The van der Waals surface area contributed by atoms with Crippen LogP contribution in [-0.4, -0.2) is 42.3 Å². The van der Waals surface area contributed by atoms with Crippen molar-refractivity contribution in [3.8, 4) is 11.3 Å². The van der Waals surface area contributed by atoms with Crippen molar-refractivity contribution in [2.45, 2.75) is 25.4 Å². The lowest BCUT2D eigenvalue weighted by molar-refractivity contribution is 0.489. The molecule has 8 heteroatoms. The number of rotatable bonds is 4. The molecule has 1 aliphatic heterocycles. The van der Waals surface area contributed by atoms with Gasteiger partial charge in [0.15, 0.2) is 0 Å². The maximum absolute atomic E-state index is 12.4. The van der Waals surface area contributed by atoms with Gasteiger partial charge >= 0.3 is 0 Å². The summed E-state index contributed by atoms with van der Waals surface area (Å²) in [5, 5.41) is 5.58. The van der Waals surface area contributed by atoms with Gasteiger partial charge in [0.25, 0.3) is 5.56 Å². The van der Waals surface area contributed by atoms with Crippen LogP contribution in [0.3, 0.4) is 0 Å². The third kappa shape index (κ3) is 2.92. The Labute approximate surface area is 160 Å². The van der Waals surface area contributed by atoms with Crippen molar-refractivity contribution in [3.05, 3.63) is 65.6 Å². The molecule has 0 amide bonds. The average molecular weight is 373 g/mol. The fourth-order valence-electron chi connectivity index (χ4n) is 3.84. The Morgan fingerprint density at radius 2 is 2.14 bits per heavy atom. The monoisotopic (exact) mass is 373 g/mol. The van der Waals surface area contributed by atoms with E-state index in [-0.39, 0.29) is 11.6 Å². The van der Waals surface area contributed by atoms with Crippen LogP contribution < -0.4 is 10.5 Å². The summed E-state index contributed by atoms with van der Waals surface area (Å²) in [6, 6.07) is 9.27. The average Bonchev–Trinajstić information content (AvgIpc) is 3.39. The van der Waals surface area contributed by atoms with E-state index in [9.17, 15) is 4.79 Å². The number of fused-ring (bicyclic) bond motifs is 1. The van der Waals surface area contributed by atoms with Crippen LogP contribution in [0, 0.1) is 0 Å². The molecular formula is C20H19N7O. The van der Waals surface area contributed by atoms with E-state index in [2.05, 4.69) is 29.9 Å². The Hall–Kier alpha value is -3.55. The van der Waals surface area contributed by atoms with Crippen LogP contribution in [0.1, 0.15) is 12.8 Å². The molecule has 0 saturated carbocycles. The van der Waals surface area contributed by atoms with Crippen molar-refractivity contribution < 1.29 is 0 Å². The van der Waals surface area contributed by atoms with Gasteiger partial charge in [0.1, 0.15) is 17.8 Å². The molecule has 0 spiro atoms. The Balaban J connectivity index is 1.47. The van der Waals surface area contributed by atoms with Crippen LogP contribution in [0.4, 0.5) is 5.82 Å². The van der Waals surface area contributed by atoms with Crippen LogP contribution in [-0.2, 0) is 6.54 Å².